The Bertz CT molecular complexity index is 770. The number of sulfonamides is 1. The fourth-order valence-electron chi connectivity index (χ4n) is 5.16. The number of halogens is 1. The monoisotopic (exact) mass is 414 g/mol. The molecule has 3 aliphatic heterocycles. The lowest BCUT2D eigenvalue weighted by molar-refractivity contribution is 0.0220. The Morgan fingerprint density at radius 2 is 2.04 bits per heavy atom. The lowest BCUT2D eigenvalue weighted by Gasteiger charge is -2.51. The summed E-state index contributed by atoms with van der Waals surface area (Å²) in [5.74, 6) is 1.63. The van der Waals surface area contributed by atoms with Gasteiger partial charge in [-0.25, -0.2) is 8.42 Å². The van der Waals surface area contributed by atoms with Crippen LogP contribution in [0.4, 0.5) is 0 Å². The maximum atomic E-state index is 12.6. The molecule has 0 amide bonds. The molecule has 3 aliphatic rings. The van der Waals surface area contributed by atoms with Crippen molar-refractivity contribution in [1.82, 2.24) is 9.21 Å². The molecule has 0 saturated carbocycles. The van der Waals surface area contributed by atoms with Gasteiger partial charge >= 0.3 is 0 Å². The molecule has 0 bridgehead atoms. The molecule has 1 aromatic carbocycles. The molecule has 5 nitrogen and oxygen atoms in total. The number of benzene rings is 1. The van der Waals surface area contributed by atoms with E-state index in [4.69, 9.17) is 4.74 Å². The molecule has 152 valence electrons. The van der Waals surface area contributed by atoms with Crippen LogP contribution >= 0.6 is 12.4 Å². The van der Waals surface area contributed by atoms with Gasteiger partial charge in [0.25, 0.3) is 0 Å². The highest BCUT2D eigenvalue weighted by Gasteiger charge is 2.45. The smallest absolute Gasteiger partial charge is 0.214 e. The van der Waals surface area contributed by atoms with Gasteiger partial charge in [-0.15, -0.1) is 12.4 Å². The Kier molecular flexibility index (Phi) is 6.41. The summed E-state index contributed by atoms with van der Waals surface area (Å²) in [6.45, 7) is 7.24. The van der Waals surface area contributed by atoms with Gasteiger partial charge < -0.3 is 4.74 Å². The van der Waals surface area contributed by atoms with Crippen LogP contribution in [-0.4, -0.2) is 55.7 Å². The Morgan fingerprint density at radius 1 is 1.22 bits per heavy atom. The van der Waals surface area contributed by atoms with Gasteiger partial charge in [-0.2, -0.15) is 4.31 Å². The summed E-state index contributed by atoms with van der Waals surface area (Å²) in [4.78, 5) is 2.59. The number of hydrogen-bond acceptors (Lipinski definition) is 4. The SMILES string of the molecule is CCOc1ccc2c(c1)CCN1C[C@H]3CCCN(S(=O)(=O)CC)[C@H]3C[C@@H]21.Cl. The molecule has 0 N–H and O–H groups in total. The van der Waals surface area contributed by atoms with Crippen molar-refractivity contribution in [2.75, 3.05) is 32.0 Å². The summed E-state index contributed by atoms with van der Waals surface area (Å²) < 4.78 is 32.8. The first-order valence-corrected chi connectivity index (χ1v) is 11.6. The third-order valence-corrected chi connectivity index (χ3v) is 8.31. The Balaban J connectivity index is 0.00000210. The van der Waals surface area contributed by atoms with E-state index in [0.717, 1.165) is 44.5 Å². The van der Waals surface area contributed by atoms with Crippen molar-refractivity contribution < 1.29 is 13.2 Å². The van der Waals surface area contributed by atoms with Crippen LogP contribution in [-0.2, 0) is 16.4 Å². The number of piperidine rings is 2. The first-order chi connectivity index (χ1) is 12.5. The first kappa shape index (κ1) is 20.9. The molecular formula is C20H31ClN2O3S. The zero-order chi connectivity index (χ0) is 18.3. The zero-order valence-corrected chi connectivity index (χ0v) is 17.9. The topological polar surface area (TPSA) is 49.9 Å². The number of hydrogen-bond donors (Lipinski definition) is 0. The number of fused-ring (bicyclic) bond motifs is 4. The Labute approximate surface area is 169 Å². The van der Waals surface area contributed by atoms with E-state index in [9.17, 15) is 8.42 Å². The fraction of sp³-hybridized carbons (Fsp3) is 0.700. The summed E-state index contributed by atoms with van der Waals surface area (Å²) in [7, 11) is -3.13. The highest BCUT2D eigenvalue weighted by Crippen LogP contribution is 2.44. The van der Waals surface area contributed by atoms with E-state index in [2.05, 4.69) is 23.1 Å². The van der Waals surface area contributed by atoms with E-state index in [1.165, 1.54) is 11.1 Å². The van der Waals surface area contributed by atoms with Crippen LogP contribution in [0.5, 0.6) is 5.75 Å². The molecule has 2 fully saturated rings. The van der Waals surface area contributed by atoms with Crippen LogP contribution in [0.2, 0.25) is 0 Å². The predicted octanol–water partition coefficient (Wildman–Crippen LogP) is 3.24. The second-order valence-electron chi connectivity index (χ2n) is 7.77. The molecule has 1 aromatic rings. The first-order valence-electron chi connectivity index (χ1n) is 10.0. The molecule has 0 unspecified atom stereocenters. The van der Waals surface area contributed by atoms with E-state index in [1.54, 1.807) is 6.92 Å². The minimum absolute atomic E-state index is 0. The quantitative estimate of drug-likeness (QED) is 0.758. The molecule has 3 heterocycles. The standard InChI is InChI=1S/C20H30N2O3S.ClH/c1-3-25-17-7-8-18-15(12-17)9-11-21-14-16-6-5-10-22(26(23,24)4-2)19(16)13-20(18)21;/h7-8,12,16,19-20H,3-6,9-11,13-14H2,1-2H3;1H/t16-,19+,20+;/m1./s1. The van der Waals surface area contributed by atoms with Crippen molar-refractivity contribution >= 4 is 22.4 Å². The van der Waals surface area contributed by atoms with Crippen LogP contribution in [0, 0.1) is 5.92 Å². The summed E-state index contributed by atoms with van der Waals surface area (Å²) in [6, 6.07) is 6.96. The van der Waals surface area contributed by atoms with Gasteiger partial charge in [0.05, 0.1) is 12.4 Å². The van der Waals surface area contributed by atoms with E-state index >= 15 is 0 Å². The molecule has 0 aliphatic carbocycles. The average Bonchev–Trinajstić information content (AvgIpc) is 2.66. The minimum Gasteiger partial charge on any atom is -0.494 e. The molecule has 27 heavy (non-hydrogen) atoms. The average molecular weight is 415 g/mol. The molecular weight excluding hydrogens is 384 g/mol. The van der Waals surface area contributed by atoms with E-state index in [-0.39, 0.29) is 24.2 Å². The third-order valence-electron chi connectivity index (χ3n) is 6.42. The van der Waals surface area contributed by atoms with Crippen LogP contribution < -0.4 is 4.74 Å². The molecule has 2 saturated heterocycles. The Hall–Kier alpha value is -0.820. The normalized spacial score (nSPS) is 28.4. The number of nitrogens with zero attached hydrogens (tertiary/aromatic N) is 2. The molecule has 0 spiro atoms. The maximum absolute atomic E-state index is 12.6. The van der Waals surface area contributed by atoms with Crippen molar-refractivity contribution in [3.8, 4) is 5.75 Å². The molecule has 0 radical (unpaired) electrons. The van der Waals surface area contributed by atoms with Crippen molar-refractivity contribution in [2.24, 2.45) is 5.92 Å². The molecule has 4 rings (SSSR count). The maximum Gasteiger partial charge on any atom is 0.214 e. The van der Waals surface area contributed by atoms with Crippen LogP contribution in [0.25, 0.3) is 0 Å². The summed E-state index contributed by atoms with van der Waals surface area (Å²) >= 11 is 0. The second kappa shape index (κ2) is 8.27. The third kappa shape index (κ3) is 3.86. The van der Waals surface area contributed by atoms with E-state index in [1.807, 2.05) is 11.2 Å². The van der Waals surface area contributed by atoms with Crippen molar-refractivity contribution in [1.29, 1.82) is 0 Å². The highest BCUT2D eigenvalue weighted by molar-refractivity contribution is 7.89. The zero-order valence-electron chi connectivity index (χ0n) is 16.3. The molecule has 0 aromatic heterocycles. The van der Waals surface area contributed by atoms with Crippen LogP contribution in [0.15, 0.2) is 18.2 Å². The van der Waals surface area contributed by atoms with Crippen molar-refractivity contribution in [3.05, 3.63) is 29.3 Å². The van der Waals surface area contributed by atoms with Gasteiger partial charge in [0, 0.05) is 31.7 Å². The van der Waals surface area contributed by atoms with Crippen molar-refractivity contribution in [2.45, 2.75) is 51.6 Å². The lowest BCUT2D eigenvalue weighted by atomic mass is 9.77. The molecule has 3 atom stereocenters. The minimum atomic E-state index is -3.13. The summed E-state index contributed by atoms with van der Waals surface area (Å²) in [5, 5.41) is 0. The van der Waals surface area contributed by atoms with Crippen molar-refractivity contribution in [3.63, 3.8) is 0 Å². The predicted molar refractivity (Wildman–Crippen MR) is 110 cm³/mol. The van der Waals surface area contributed by atoms with Crippen LogP contribution in [0.1, 0.15) is 50.3 Å². The fourth-order valence-corrected chi connectivity index (χ4v) is 6.57. The van der Waals surface area contributed by atoms with E-state index in [0.29, 0.717) is 25.1 Å². The largest absolute Gasteiger partial charge is 0.494 e. The van der Waals surface area contributed by atoms with Crippen LogP contribution in [0.3, 0.4) is 0 Å². The van der Waals surface area contributed by atoms with Gasteiger partial charge in [0.15, 0.2) is 0 Å². The second-order valence-corrected chi connectivity index (χ2v) is 9.98. The summed E-state index contributed by atoms with van der Waals surface area (Å²) in [5.41, 5.74) is 2.74. The Morgan fingerprint density at radius 3 is 2.78 bits per heavy atom. The highest BCUT2D eigenvalue weighted by atomic mass is 35.5. The number of ether oxygens (including phenoxy) is 1. The van der Waals surface area contributed by atoms with Gasteiger partial charge in [0.2, 0.25) is 10.0 Å². The molecule has 7 heteroatoms. The van der Waals surface area contributed by atoms with Gasteiger partial charge in [-0.3, -0.25) is 4.90 Å². The lowest BCUT2D eigenvalue weighted by Crippen LogP contribution is -2.57. The van der Waals surface area contributed by atoms with Gasteiger partial charge in [0.1, 0.15) is 5.75 Å². The summed E-state index contributed by atoms with van der Waals surface area (Å²) in [6.07, 6.45) is 4.12. The van der Waals surface area contributed by atoms with E-state index < -0.39 is 10.0 Å². The van der Waals surface area contributed by atoms with Gasteiger partial charge in [-0.1, -0.05) is 6.07 Å². The van der Waals surface area contributed by atoms with Gasteiger partial charge in [-0.05, 0) is 68.7 Å². The number of rotatable bonds is 4.